The Morgan fingerprint density at radius 2 is 2.00 bits per heavy atom. The average molecular weight is 339 g/mol. The molecule has 10 heteroatoms. The van der Waals surface area contributed by atoms with Crippen LogP contribution in [-0.4, -0.2) is 38.6 Å². The summed E-state index contributed by atoms with van der Waals surface area (Å²) in [7, 11) is -4.59. The van der Waals surface area contributed by atoms with Gasteiger partial charge in [0.05, 0.1) is 13.7 Å². The molecule has 0 aromatic heterocycles. The zero-order chi connectivity index (χ0) is 16.5. The smallest absolute Gasteiger partial charge is 0.453 e. The van der Waals surface area contributed by atoms with E-state index in [-0.39, 0.29) is 12.1 Å². The second kappa shape index (κ2) is 5.67. The number of carbonyl (C=O) groups is 1. The first-order chi connectivity index (χ1) is 10.2. The summed E-state index contributed by atoms with van der Waals surface area (Å²) in [5, 5.41) is 0. The number of hydrogen-bond donors (Lipinski definition) is 0. The van der Waals surface area contributed by atoms with Crippen LogP contribution in [-0.2, 0) is 27.8 Å². The molecule has 0 bridgehead atoms. The molecule has 0 saturated heterocycles. The number of hydrogen-bond acceptors (Lipinski definition) is 5. The van der Waals surface area contributed by atoms with Crippen molar-refractivity contribution in [2.75, 3.05) is 13.7 Å². The summed E-state index contributed by atoms with van der Waals surface area (Å²) in [6, 6.07) is 4.15. The maximum absolute atomic E-state index is 12.4. The Morgan fingerprint density at radius 1 is 1.32 bits per heavy atom. The Balaban J connectivity index is 2.35. The van der Waals surface area contributed by atoms with E-state index in [0.29, 0.717) is 18.5 Å². The van der Waals surface area contributed by atoms with Crippen molar-refractivity contribution in [1.82, 2.24) is 4.90 Å². The standard InChI is InChI=1S/C12H12F3NO5S/c1-20-11(17)16-6-5-8-3-2-4-10(9(8)7-16)21-22(18,19)12(13,14)15/h2-4H,5-7H2,1H3. The molecule has 0 aliphatic carbocycles. The third kappa shape index (κ3) is 3.11. The van der Waals surface area contributed by atoms with Crippen molar-refractivity contribution in [1.29, 1.82) is 0 Å². The fourth-order valence-electron chi connectivity index (χ4n) is 2.08. The lowest BCUT2D eigenvalue weighted by molar-refractivity contribution is -0.0500. The number of alkyl halides is 3. The number of amides is 1. The zero-order valence-corrected chi connectivity index (χ0v) is 12.2. The number of methoxy groups -OCH3 is 1. The fourth-order valence-corrected chi connectivity index (χ4v) is 2.57. The van der Waals surface area contributed by atoms with Crippen LogP contribution in [0.15, 0.2) is 18.2 Å². The number of benzene rings is 1. The van der Waals surface area contributed by atoms with Gasteiger partial charge in [-0.3, -0.25) is 0 Å². The van der Waals surface area contributed by atoms with Gasteiger partial charge in [-0.2, -0.15) is 21.6 Å². The molecule has 0 N–H and O–H groups in total. The molecule has 0 fully saturated rings. The number of carbonyl (C=O) groups excluding carboxylic acids is 1. The first kappa shape index (κ1) is 16.4. The Hall–Kier alpha value is -1.97. The van der Waals surface area contributed by atoms with Crippen molar-refractivity contribution >= 4 is 16.2 Å². The highest BCUT2D eigenvalue weighted by atomic mass is 32.2. The molecule has 0 saturated carbocycles. The highest BCUT2D eigenvalue weighted by Crippen LogP contribution is 2.33. The maximum atomic E-state index is 12.4. The van der Waals surface area contributed by atoms with Gasteiger partial charge in [-0.25, -0.2) is 4.79 Å². The summed E-state index contributed by atoms with van der Waals surface area (Å²) < 4.78 is 68.2. The fraction of sp³-hybridized carbons (Fsp3) is 0.417. The van der Waals surface area contributed by atoms with E-state index < -0.39 is 27.5 Å². The van der Waals surface area contributed by atoms with Crippen LogP contribution >= 0.6 is 0 Å². The van der Waals surface area contributed by atoms with Crippen LogP contribution in [0.5, 0.6) is 5.75 Å². The maximum Gasteiger partial charge on any atom is 0.534 e. The highest BCUT2D eigenvalue weighted by molar-refractivity contribution is 7.88. The number of nitrogens with zero attached hydrogens (tertiary/aromatic N) is 1. The molecular weight excluding hydrogens is 327 g/mol. The van der Waals surface area contributed by atoms with Gasteiger partial charge in [0.1, 0.15) is 5.75 Å². The van der Waals surface area contributed by atoms with E-state index in [9.17, 15) is 26.4 Å². The largest absolute Gasteiger partial charge is 0.534 e. The third-order valence-corrected chi connectivity index (χ3v) is 4.11. The topological polar surface area (TPSA) is 72.9 Å². The van der Waals surface area contributed by atoms with E-state index in [2.05, 4.69) is 8.92 Å². The molecule has 122 valence electrons. The Labute approximate surface area is 124 Å². The molecule has 0 atom stereocenters. The van der Waals surface area contributed by atoms with Gasteiger partial charge in [0.2, 0.25) is 0 Å². The molecule has 1 aromatic rings. The van der Waals surface area contributed by atoms with Crippen molar-refractivity contribution in [3.8, 4) is 5.75 Å². The molecule has 6 nitrogen and oxygen atoms in total. The molecule has 1 aliphatic rings. The average Bonchev–Trinajstić information content (AvgIpc) is 2.45. The monoisotopic (exact) mass is 339 g/mol. The summed E-state index contributed by atoms with van der Waals surface area (Å²) in [6.07, 6.45) is -0.299. The summed E-state index contributed by atoms with van der Waals surface area (Å²) >= 11 is 0. The van der Waals surface area contributed by atoms with Crippen molar-refractivity contribution in [2.45, 2.75) is 18.5 Å². The minimum absolute atomic E-state index is 0.0917. The Kier molecular flexibility index (Phi) is 4.23. The van der Waals surface area contributed by atoms with Crippen LogP contribution in [0, 0.1) is 0 Å². The first-order valence-electron chi connectivity index (χ1n) is 6.10. The normalized spacial score (nSPS) is 15.2. The van der Waals surface area contributed by atoms with Crippen LogP contribution in [0.3, 0.4) is 0 Å². The van der Waals surface area contributed by atoms with Crippen molar-refractivity contribution < 1.29 is 35.3 Å². The second-order valence-corrected chi connectivity index (χ2v) is 6.06. The van der Waals surface area contributed by atoms with Gasteiger partial charge in [-0.05, 0) is 18.1 Å². The summed E-state index contributed by atoms with van der Waals surface area (Å²) in [5.74, 6) is -0.441. The summed E-state index contributed by atoms with van der Waals surface area (Å²) in [5.41, 5.74) is -4.69. The minimum Gasteiger partial charge on any atom is -0.453 e. The van der Waals surface area contributed by atoms with Gasteiger partial charge in [-0.1, -0.05) is 12.1 Å². The van der Waals surface area contributed by atoms with Crippen LogP contribution in [0.1, 0.15) is 11.1 Å². The predicted octanol–water partition coefficient (Wildman–Crippen LogP) is 2.04. The Morgan fingerprint density at radius 3 is 2.59 bits per heavy atom. The van der Waals surface area contributed by atoms with Gasteiger partial charge in [0.25, 0.3) is 0 Å². The molecule has 0 unspecified atom stereocenters. The van der Waals surface area contributed by atoms with Crippen LogP contribution in [0.2, 0.25) is 0 Å². The number of rotatable bonds is 2. The predicted molar refractivity (Wildman–Crippen MR) is 68.6 cm³/mol. The molecule has 1 heterocycles. The lowest BCUT2D eigenvalue weighted by Crippen LogP contribution is -2.36. The lowest BCUT2D eigenvalue weighted by Gasteiger charge is -2.28. The number of halogens is 3. The molecular formula is C12H12F3NO5S. The lowest BCUT2D eigenvalue weighted by atomic mass is 9.99. The summed E-state index contributed by atoms with van der Waals surface area (Å²) in [4.78, 5) is 12.7. The molecule has 2 rings (SSSR count). The highest BCUT2D eigenvalue weighted by Gasteiger charge is 2.49. The van der Waals surface area contributed by atoms with E-state index in [1.54, 1.807) is 6.07 Å². The molecule has 1 aromatic carbocycles. The van der Waals surface area contributed by atoms with Crippen LogP contribution in [0.25, 0.3) is 0 Å². The third-order valence-electron chi connectivity index (χ3n) is 3.15. The van der Waals surface area contributed by atoms with E-state index in [4.69, 9.17) is 0 Å². The van der Waals surface area contributed by atoms with Gasteiger partial charge in [0.15, 0.2) is 0 Å². The SMILES string of the molecule is COC(=O)N1CCc2cccc(OS(=O)(=O)C(F)(F)F)c2C1. The van der Waals surface area contributed by atoms with Crippen LogP contribution < -0.4 is 4.18 Å². The number of fused-ring (bicyclic) bond motifs is 1. The molecule has 1 amide bonds. The molecule has 0 radical (unpaired) electrons. The van der Waals surface area contributed by atoms with E-state index in [1.807, 2.05) is 0 Å². The van der Waals surface area contributed by atoms with Crippen molar-refractivity contribution in [2.24, 2.45) is 0 Å². The van der Waals surface area contributed by atoms with Crippen molar-refractivity contribution in [3.63, 3.8) is 0 Å². The second-order valence-electron chi connectivity index (χ2n) is 4.52. The Bertz CT molecular complexity index is 686. The molecule has 1 aliphatic heterocycles. The van der Waals surface area contributed by atoms with Crippen molar-refractivity contribution in [3.05, 3.63) is 29.3 Å². The van der Waals surface area contributed by atoms with E-state index >= 15 is 0 Å². The van der Waals surface area contributed by atoms with Gasteiger partial charge >= 0.3 is 21.7 Å². The molecule has 22 heavy (non-hydrogen) atoms. The van der Waals surface area contributed by atoms with Gasteiger partial charge in [-0.15, -0.1) is 0 Å². The first-order valence-corrected chi connectivity index (χ1v) is 7.51. The quantitative estimate of drug-likeness (QED) is 0.609. The van der Waals surface area contributed by atoms with Gasteiger partial charge < -0.3 is 13.8 Å². The van der Waals surface area contributed by atoms with E-state index in [1.165, 1.54) is 18.1 Å². The molecule has 0 spiro atoms. The van der Waals surface area contributed by atoms with E-state index in [0.717, 1.165) is 6.07 Å². The van der Waals surface area contributed by atoms with Gasteiger partial charge in [0, 0.05) is 12.1 Å². The minimum atomic E-state index is -5.76. The summed E-state index contributed by atoms with van der Waals surface area (Å²) in [6.45, 7) is 0.223. The number of ether oxygens (including phenoxy) is 1. The van der Waals surface area contributed by atoms with Crippen LogP contribution in [0.4, 0.5) is 18.0 Å². The zero-order valence-electron chi connectivity index (χ0n) is 11.4.